The SMILES string of the molecule is Cc1[nH]c(C(=O)OCC(=O)NC(c2ccccc2)c2ccccc2)c(C)c1[C@@H](C)O. The quantitative estimate of drug-likeness (QED) is 0.521. The average Bonchev–Trinajstić information content (AvgIpc) is 3.05. The molecule has 6 heteroatoms. The minimum absolute atomic E-state index is 0.249. The molecule has 6 nitrogen and oxygen atoms in total. The maximum absolute atomic E-state index is 12.6. The topological polar surface area (TPSA) is 91.4 Å². The highest BCUT2D eigenvalue weighted by molar-refractivity contribution is 5.91. The molecule has 3 N–H and O–H groups in total. The van der Waals surface area contributed by atoms with Crippen molar-refractivity contribution in [1.29, 1.82) is 0 Å². The van der Waals surface area contributed by atoms with Crippen molar-refractivity contribution in [2.75, 3.05) is 6.61 Å². The number of aromatic amines is 1. The summed E-state index contributed by atoms with van der Waals surface area (Å²) in [5, 5.41) is 12.8. The van der Waals surface area contributed by atoms with E-state index in [1.54, 1.807) is 20.8 Å². The molecule has 0 saturated carbocycles. The van der Waals surface area contributed by atoms with Gasteiger partial charge in [-0.2, -0.15) is 0 Å². The van der Waals surface area contributed by atoms with Crippen molar-refractivity contribution < 1.29 is 19.4 Å². The van der Waals surface area contributed by atoms with E-state index in [1.807, 2.05) is 60.7 Å². The zero-order chi connectivity index (χ0) is 21.7. The van der Waals surface area contributed by atoms with E-state index < -0.39 is 24.6 Å². The van der Waals surface area contributed by atoms with Crippen molar-refractivity contribution >= 4 is 11.9 Å². The fourth-order valence-electron chi connectivity index (χ4n) is 3.65. The smallest absolute Gasteiger partial charge is 0.355 e. The molecule has 1 aromatic heterocycles. The number of amides is 1. The Hall–Kier alpha value is -3.38. The highest BCUT2D eigenvalue weighted by Gasteiger charge is 2.22. The molecule has 0 bridgehead atoms. The molecule has 0 saturated heterocycles. The van der Waals surface area contributed by atoms with Crippen LogP contribution in [0.1, 0.15) is 57.5 Å². The van der Waals surface area contributed by atoms with E-state index in [-0.39, 0.29) is 11.7 Å². The van der Waals surface area contributed by atoms with Crippen molar-refractivity contribution in [3.05, 3.63) is 94.3 Å². The van der Waals surface area contributed by atoms with Gasteiger partial charge in [0.15, 0.2) is 6.61 Å². The summed E-state index contributed by atoms with van der Waals surface area (Å²) in [6.45, 7) is 4.75. The Balaban J connectivity index is 1.69. The van der Waals surface area contributed by atoms with E-state index in [0.29, 0.717) is 16.8 Å². The van der Waals surface area contributed by atoms with Gasteiger partial charge >= 0.3 is 5.97 Å². The molecule has 0 unspecified atom stereocenters. The Morgan fingerprint density at radius 1 is 1.00 bits per heavy atom. The van der Waals surface area contributed by atoms with Gasteiger partial charge in [0.1, 0.15) is 5.69 Å². The first kappa shape index (κ1) is 21.3. The average molecular weight is 406 g/mol. The summed E-state index contributed by atoms with van der Waals surface area (Å²) < 4.78 is 5.23. The fraction of sp³-hybridized carbons (Fsp3) is 0.250. The van der Waals surface area contributed by atoms with Crippen molar-refractivity contribution in [1.82, 2.24) is 10.3 Å². The molecule has 3 rings (SSSR count). The molecule has 156 valence electrons. The molecule has 0 aliphatic carbocycles. The molecule has 2 aromatic carbocycles. The number of carbonyl (C=O) groups is 2. The molecule has 0 spiro atoms. The molecular weight excluding hydrogens is 380 g/mol. The zero-order valence-electron chi connectivity index (χ0n) is 17.3. The van der Waals surface area contributed by atoms with Crippen molar-refractivity contribution in [3.8, 4) is 0 Å². The first-order valence-electron chi connectivity index (χ1n) is 9.82. The molecule has 3 aromatic rings. The minimum Gasteiger partial charge on any atom is -0.451 e. The molecule has 1 atom stereocenters. The summed E-state index contributed by atoms with van der Waals surface area (Å²) in [5.41, 5.74) is 4.10. The van der Waals surface area contributed by atoms with Crippen molar-refractivity contribution in [2.45, 2.75) is 32.9 Å². The highest BCUT2D eigenvalue weighted by Crippen LogP contribution is 2.25. The second-order valence-electron chi connectivity index (χ2n) is 7.24. The van der Waals surface area contributed by atoms with E-state index in [9.17, 15) is 14.7 Å². The number of ether oxygens (including phenoxy) is 1. The highest BCUT2D eigenvalue weighted by atomic mass is 16.5. The maximum atomic E-state index is 12.6. The molecule has 0 radical (unpaired) electrons. The Kier molecular flexibility index (Phi) is 6.69. The molecule has 0 fully saturated rings. The number of rotatable bonds is 7. The van der Waals surface area contributed by atoms with E-state index in [4.69, 9.17) is 4.74 Å². The second kappa shape index (κ2) is 9.41. The van der Waals surface area contributed by atoms with Crippen LogP contribution >= 0.6 is 0 Å². The molecular formula is C24H26N2O4. The zero-order valence-corrected chi connectivity index (χ0v) is 17.3. The van der Waals surface area contributed by atoms with Gasteiger partial charge in [-0.15, -0.1) is 0 Å². The van der Waals surface area contributed by atoms with E-state index >= 15 is 0 Å². The standard InChI is InChI=1S/C24H26N2O4/c1-15-21(17(3)27)16(2)25-22(15)24(29)30-14-20(28)26-23(18-10-6-4-7-11-18)19-12-8-5-9-13-19/h4-13,17,23,25,27H,14H2,1-3H3,(H,26,28)/t17-/m1/s1. The van der Waals surface area contributed by atoms with E-state index in [0.717, 1.165) is 11.1 Å². The van der Waals surface area contributed by atoms with Gasteiger partial charge in [0, 0.05) is 11.3 Å². The number of aliphatic hydroxyl groups excluding tert-OH is 1. The number of carbonyl (C=O) groups excluding carboxylic acids is 2. The second-order valence-corrected chi connectivity index (χ2v) is 7.24. The van der Waals surface area contributed by atoms with Crippen LogP contribution in [-0.2, 0) is 9.53 Å². The van der Waals surface area contributed by atoms with Crippen LogP contribution in [0.2, 0.25) is 0 Å². The Morgan fingerprint density at radius 2 is 1.53 bits per heavy atom. The lowest BCUT2D eigenvalue weighted by atomic mass is 9.99. The number of benzene rings is 2. The third-order valence-electron chi connectivity index (χ3n) is 5.02. The van der Waals surface area contributed by atoms with Crippen LogP contribution in [0.3, 0.4) is 0 Å². The van der Waals surface area contributed by atoms with Crippen molar-refractivity contribution in [3.63, 3.8) is 0 Å². The third kappa shape index (κ3) is 4.78. The summed E-state index contributed by atoms with van der Waals surface area (Å²) in [4.78, 5) is 28.0. The summed E-state index contributed by atoms with van der Waals surface area (Å²) >= 11 is 0. The molecule has 0 aliphatic heterocycles. The van der Waals surface area contributed by atoms with Crippen LogP contribution in [0.25, 0.3) is 0 Å². The molecule has 30 heavy (non-hydrogen) atoms. The van der Waals surface area contributed by atoms with Gasteiger partial charge in [0.2, 0.25) is 0 Å². The van der Waals surface area contributed by atoms with Gasteiger partial charge in [-0.05, 0) is 37.5 Å². The summed E-state index contributed by atoms with van der Waals surface area (Å²) in [6, 6.07) is 18.9. The van der Waals surface area contributed by atoms with Gasteiger partial charge in [-0.25, -0.2) is 4.79 Å². The number of esters is 1. The van der Waals surface area contributed by atoms with Gasteiger partial charge in [-0.3, -0.25) is 4.79 Å². The summed E-state index contributed by atoms with van der Waals surface area (Å²) in [7, 11) is 0. The number of aromatic nitrogens is 1. The summed E-state index contributed by atoms with van der Waals surface area (Å²) in [6.07, 6.45) is -0.705. The number of aliphatic hydroxyl groups is 1. The Labute approximate surface area is 175 Å². The Bertz CT molecular complexity index is 971. The predicted octanol–water partition coefficient (Wildman–Crippen LogP) is 3.75. The van der Waals surface area contributed by atoms with Crippen LogP contribution in [0.15, 0.2) is 60.7 Å². The normalized spacial score (nSPS) is 11.9. The Morgan fingerprint density at radius 3 is 2.00 bits per heavy atom. The lowest BCUT2D eigenvalue weighted by molar-refractivity contribution is -0.124. The largest absolute Gasteiger partial charge is 0.451 e. The number of H-pyrrole nitrogens is 1. The third-order valence-corrected chi connectivity index (χ3v) is 5.02. The fourth-order valence-corrected chi connectivity index (χ4v) is 3.65. The van der Waals surface area contributed by atoms with Gasteiger partial charge in [-0.1, -0.05) is 60.7 Å². The number of nitrogens with one attached hydrogen (secondary N) is 2. The van der Waals surface area contributed by atoms with E-state index in [1.165, 1.54) is 0 Å². The number of hydrogen-bond donors (Lipinski definition) is 3. The van der Waals surface area contributed by atoms with Gasteiger partial charge < -0.3 is 20.1 Å². The van der Waals surface area contributed by atoms with Crippen LogP contribution < -0.4 is 5.32 Å². The van der Waals surface area contributed by atoms with Crippen LogP contribution in [0, 0.1) is 13.8 Å². The lowest BCUT2D eigenvalue weighted by Gasteiger charge is -2.20. The van der Waals surface area contributed by atoms with Gasteiger partial charge in [0.25, 0.3) is 5.91 Å². The van der Waals surface area contributed by atoms with Crippen LogP contribution in [0.4, 0.5) is 0 Å². The molecule has 1 amide bonds. The van der Waals surface area contributed by atoms with Crippen molar-refractivity contribution in [2.24, 2.45) is 0 Å². The van der Waals surface area contributed by atoms with Crippen LogP contribution in [-0.4, -0.2) is 28.6 Å². The first-order valence-corrected chi connectivity index (χ1v) is 9.82. The lowest BCUT2D eigenvalue weighted by Crippen LogP contribution is -2.33. The summed E-state index contributed by atoms with van der Waals surface area (Å²) in [5.74, 6) is -1.04. The minimum atomic E-state index is -0.705. The predicted molar refractivity (Wildman–Crippen MR) is 114 cm³/mol. The first-order chi connectivity index (χ1) is 14.4. The van der Waals surface area contributed by atoms with E-state index in [2.05, 4.69) is 10.3 Å². The van der Waals surface area contributed by atoms with Crippen LogP contribution in [0.5, 0.6) is 0 Å². The molecule has 1 heterocycles. The van der Waals surface area contributed by atoms with Gasteiger partial charge in [0.05, 0.1) is 12.1 Å². The monoisotopic (exact) mass is 406 g/mol. The maximum Gasteiger partial charge on any atom is 0.355 e. The number of hydrogen-bond acceptors (Lipinski definition) is 4. The molecule has 0 aliphatic rings. The number of aryl methyl sites for hydroxylation is 1.